The minimum absolute atomic E-state index is 0.387. The molecule has 88 valence electrons. The molecule has 2 aromatic rings. The number of aryl methyl sites for hydroxylation is 1. The molecule has 0 radical (unpaired) electrons. The molecule has 0 spiro atoms. The van der Waals surface area contributed by atoms with Crippen LogP contribution in [0, 0.1) is 6.92 Å². The Bertz CT molecular complexity index is 445. The monoisotopic (exact) mass is 225 g/mol. The quantitative estimate of drug-likeness (QED) is 0.833. The maximum Gasteiger partial charge on any atom is 0.0294 e. The van der Waals surface area contributed by atoms with Crippen molar-refractivity contribution in [3.63, 3.8) is 0 Å². The molecule has 1 heteroatoms. The summed E-state index contributed by atoms with van der Waals surface area (Å²) in [6, 6.07) is 19.6. The van der Waals surface area contributed by atoms with Crippen molar-refractivity contribution in [1.82, 2.24) is 5.32 Å². The number of hydrogen-bond donors (Lipinski definition) is 1. The van der Waals surface area contributed by atoms with Crippen LogP contribution in [0.2, 0.25) is 0 Å². The Morgan fingerprint density at radius 2 is 1.59 bits per heavy atom. The van der Waals surface area contributed by atoms with Crippen LogP contribution in [0.25, 0.3) is 0 Å². The molecule has 0 aliphatic rings. The summed E-state index contributed by atoms with van der Waals surface area (Å²) >= 11 is 0. The van der Waals surface area contributed by atoms with Crippen LogP contribution in [0.1, 0.15) is 29.7 Å². The van der Waals surface area contributed by atoms with E-state index in [0.717, 1.165) is 6.54 Å². The lowest BCUT2D eigenvalue weighted by molar-refractivity contribution is 0.574. The molecule has 0 bridgehead atoms. The van der Waals surface area contributed by atoms with E-state index in [1.807, 2.05) is 0 Å². The van der Waals surface area contributed by atoms with Gasteiger partial charge in [-0.2, -0.15) is 0 Å². The first-order chi connectivity index (χ1) is 8.25. The molecule has 0 fully saturated rings. The Kier molecular flexibility index (Phi) is 3.94. The molecule has 1 atom stereocenters. The fraction of sp³-hybridized carbons (Fsp3) is 0.250. The average Bonchev–Trinajstić information content (AvgIpc) is 2.39. The summed E-state index contributed by atoms with van der Waals surface area (Å²) in [6.07, 6.45) is 0. The van der Waals surface area contributed by atoms with Crippen LogP contribution in [0.15, 0.2) is 54.6 Å². The van der Waals surface area contributed by atoms with E-state index in [0.29, 0.717) is 6.04 Å². The van der Waals surface area contributed by atoms with Gasteiger partial charge in [-0.15, -0.1) is 0 Å². The molecule has 0 amide bonds. The van der Waals surface area contributed by atoms with Gasteiger partial charge in [-0.1, -0.05) is 60.2 Å². The van der Waals surface area contributed by atoms with Gasteiger partial charge in [0, 0.05) is 12.6 Å². The van der Waals surface area contributed by atoms with Crippen LogP contribution >= 0.6 is 0 Å². The summed E-state index contributed by atoms with van der Waals surface area (Å²) in [5.41, 5.74) is 3.97. The average molecular weight is 225 g/mol. The fourth-order valence-corrected chi connectivity index (χ4v) is 1.84. The first-order valence-corrected chi connectivity index (χ1v) is 6.09. The van der Waals surface area contributed by atoms with Gasteiger partial charge in [0.2, 0.25) is 0 Å². The van der Waals surface area contributed by atoms with Crippen LogP contribution < -0.4 is 5.32 Å². The Balaban J connectivity index is 1.92. The molecule has 0 saturated carbocycles. The van der Waals surface area contributed by atoms with Crippen molar-refractivity contribution in [3.05, 3.63) is 71.3 Å². The Hall–Kier alpha value is -1.60. The van der Waals surface area contributed by atoms with Gasteiger partial charge in [-0.25, -0.2) is 0 Å². The third-order valence-corrected chi connectivity index (χ3v) is 3.03. The van der Waals surface area contributed by atoms with E-state index in [-0.39, 0.29) is 0 Å². The molecule has 0 heterocycles. The second kappa shape index (κ2) is 5.65. The Morgan fingerprint density at radius 1 is 0.941 bits per heavy atom. The summed E-state index contributed by atoms with van der Waals surface area (Å²) < 4.78 is 0. The normalized spacial score (nSPS) is 12.4. The van der Waals surface area contributed by atoms with Crippen molar-refractivity contribution in [3.8, 4) is 0 Å². The molecule has 0 aromatic heterocycles. The van der Waals surface area contributed by atoms with Crippen molar-refractivity contribution in [2.24, 2.45) is 0 Å². The van der Waals surface area contributed by atoms with E-state index in [1.54, 1.807) is 0 Å². The summed E-state index contributed by atoms with van der Waals surface area (Å²) in [7, 11) is 0. The SMILES string of the molecule is Cc1ccc(CN[C@H](C)c2ccccc2)cc1. The molecule has 2 aromatic carbocycles. The number of nitrogens with one attached hydrogen (secondary N) is 1. The third kappa shape index (κ3) is 3.43. The Labute approximate surface area is 103 Å². The number of benzene rings is 2. The zero-order valence-corrected chi connectivity index (χ0v) is 10.5. The van der Waals surface area contributed by atoms with Gasteiger partial charge < -0.3 is 5.32 Å². The summed E-state index contributed by atoms with van der Waals surface area (Å²) in [5.74, 6) is 0. The molecular weight excluding hydrogens is 206 g/mol. The van der Waals surface area contributed by atoms with Gasteiger partial charge in [0.25, 0.3) is 0 Å². The van der Waals surface area contributed by atoms with Gasteiger partial charge in [0.15, 0.2) is 0 Å². The predicted octanol–water partition coefficient (Wildman–Crippen LogP) is 3.85. The highest BCUT2D eigenvalue weighted by Crippen LogP contribution is 2.12. The number of rotatable bonds is 4. The van der Waals surface area contributed by atoms with Crippen LogP contribution in [0.5, 0.6) is 0 Å². The predicted molar refractivity (Wildman–Crippen MR) is 72.9 cm³/mol. The zero-order chi connectivity index (χ0) is 12.1. The van der Waals surface area contributed by atoms with Crippen molar-refractivity contribution in [2.45, 2.75) is 26.4 Å². The van der Waals surface area contributed by atoms with Crippen LogP contribution in [0.3, 0.4) is 0 Å². The van der Waals surface area contributed by atoms with Crippen LogP contribution in [-0.4, -0.2) is 0 Å². The lowest BCUT2D eigenvalue weighted by atomic mass is 10.1. The summed E-state index contributed by atoms with van der Waals surface area (Å²) in [6.45, 7) is 5.23. The van der Waals surface area contributed by atoms with E-state index in [2.05, 4.69) is 73.8 Å². The number of hydrogen-bond acceptors (Lipinski definition) is 1. The van der Waals surface area contributed by atoms with E-state index < -0.39 is 0 Å². The van der Waals surface area contributed by atoms with Crippen molar-refractivity contribution in [2.75, 3.05) is 0 Å². The zero-order valence-electron chi connectivity index (χ0n) is 10.5. The van der Waals surface area contributed by atoms with E-state index >= 15 is 0 Å². The first kappa shape index (κ1) is 11.9. The highest BCUT2D eigenvalue weighted by Gasteiger charge is 2.03. The molecular formula is C16H19N. The second-order valence-corrected chi connectivity index (χ2v) is 4.50. The van der Waals surface area contributed by atoms with Gasteiger partial charge in [-0.05, 0) is 25.0 Å². The minimum Gasteiger partial charge on any atom is -0.306 e. The van der Waals surface area contributed by atoms with Gasteiger partial charge in [0.05, 0.1) is 0 Å². The van der Waals surface area contributed by atoms with Crippen molar-refractivity contribution >= 4 is 0 Å². The fourth-order valence-electron chi connectivity index (χ4n) is 1.84. The smallest absolute Gasteiger partial charge is 0.0294 e. The lowest BCUT2D eigenvalue weighted by Gasteiger charge is -2.14. The molecule has 1 nitrogen and oxygen atoms in total. The minimum atomic E-state index is 0.387. The topological polar surface area (TPSA) is 12.0 Å². The largest absolute Gasteiger partial charge is 0.306 e. The maximum atomic E-state index is 3.53. The molecule has 0 unspecified atom stereocenters. The lowest BCUT2D eigenvalue weighted by Crippen LogP contribution is -2.17. The standard InChI is InChI=1S/C16H19N/c1-13-8-10-15(11-9-13)12-17-14(2)16-6-4-3-5-7-16/h3-11,14,17H,12H2,1-2H3/t14-/m1/s1. The molecule has 1 N–H and O–H groups in total. The van der Waals surface area contributed by atoms with Gasteiger partial charge >= 0.3 is 0 Å². The maximum absolute atomic E-state index is 3.53. The van der Waals surface area contributed by atoms with Gasteiger partial charge in [0.1, 0.15) is 0 Å². The van der Waals surface area contributed by atoms with Crippen molar-refractivity contribution < 1.29 is 0 Å². The first-order valence-electron chi connectivity index (χ1n) is 6.09. The summed E-state index contributed by atoms with van der Waals surface area (Å²) in [4.78, 5) is 0. The summed E-state index contributed by atoms with van der Waals surface area (Å²) in [5, 5.41) is 3.53. The molecule has 17 heavy (non-hydrogen) atoms. The highest BCUT2D eigenvalue weighted by atomic mass is 14.9. The highest BCUT2D eigenvalue weighted by molar-refractivity contribution is 5.22. The molecule has 2 rings (SSSR count). The van der Waals surface area contributed by atoms with E-state index in [9.17, 15) is 0 Å². The van der Waals surface area contributed by atoms with Crippen molar-refractivity contribution in [1.29, 1.82) is 0 Å². The van der Waals surface area contributed by atoms with E-state index in [4.69, 9.17) is 0 Å². The van der Waals surface area contributed by atoms with Crippen LogP contribution in [-0.2, 0) is 6.54 Å². The van der Waals surface area contributed by atoms with Gasteiger partial charge in [-0.3, -0.25) is 0 Å². The second-order valence-electron chi connectivity index (χ2n) is 4.50. The van der Waals surface area contributed by atoms with E-state index in [1.165, 1.54) is 16.7 Å². The molecule has 0 saturated heterocycles. The van der Waals surface area contributed by atoms with Crippen LogP contribution in [0.4, 0.5) is 0 Å². The Morgan fingerprint density at radius 3 is 2.24 bits per heavy atom. The third-order valence-electron chi connectivity index (χ3n) is 3.03. The molecule has 0 aliphatic carbocycles. The molecule has 0 aliphatic heterocycles.